The van der Waals surface area contributed by atoms with Crippen LogP contribution in [0.3, 0.4) is 0 Å². The maximum atomic E-state index is 12.2. The first kappa shape index (κ1) is 36.9. The second-order valence-electron chi connectivity index (χ2n) is 9.51. The van der Waals surface area contributed by atoms with Crippen molar-refractivity contribution in [2.75, 3.05) is 13.2 Å². The molecule has 2 rings (SSSR count). The molecule has 10 atom stereocenters. The number of hydrogen-bond donors (Lipinski definition) is 0. The minimum atomic E-state index is -1.49. The topological polar surface area (TPSA) is 274 Å². The van der Waals surface area contributed by atoms with Crippen molar-refractivity contribution in [3.63, 3.8) is 0 Å². The van der Waals surface area contributed by atoms with Crippen LogP contribution < -0.4 is 0 Å². The summed E-state index contributed by atoms with van der Waals surface area (Å²) in [6.07, 6.45) is -8.36. The van der Waals surface area contributed by atoms with Crippen molar-refractivity contribution in [2.45, 2.75) is 101 Å². The molecule has 0 N–H and O–H groups in total. The van der Waals surface area contributed by atoms with Gasteiger partial charge in [-0.05, 0) is 11.1 Å². The highest BCUT2D eigenvalue weighted by Gasteiger charge is 2.55. The van der Waals surface area contributed by atoms with Crippen LogP contribution in [0.15, 0.2) is 10.2 Å². The largest absolute Gasteiger partial charge is 0.463 e. The van der Waals surface area contributed by atoms with Crippen molar-refractivity contribution < 1.29 is 66.7 Å². The summed E-state index contributed by atoms with van der Waals surface area (Å²) in [7, 11) is 0. The van der Waals surface area contributed by atoms with Crippen LogP contribution in [0.5, 0.6) is 0 Å². The van der Waals surface area contributed by atoms with Gasteiger partial charge in [-0.25, -0.2) is 0 Å². The average molecular weight is 661 g/mol. The monoisotopic (exact) mass is 660 g/mol. The molecule has 20 nitrogen and oxygen atoms in total. The Morgan fingerprint density at radius 1 is 0.578 bits per heavy atom. The van der Waals surface area contributed by atoms with Crippen LogP contribution in [0.25, 0.3) is 20.9 Å². The van der Waals surface area contributed by atoms with E-state index in [4.69, 9.17) is 37.9 Å². The first-order valence-electron chi connectivity index (χ1n) is 13.2. The molecule has 0 amide bonds. The predicted octanol–water partition coefficient (Wildman–Crippen LogP) is 1.38. The molecule has 2 aliphatic heterocycles. The van der Waals surface area contributed by atoms with Crippen LogP contribution in [-0.4, -0.2) is 109 Å². The Morgan fingerprint density at radius 2 is 0.889 bits per heavy atom. The fourth-order valence-electron chi connectivity index (χ4n) is 4.50. The van der Waals surface area contributed by atoms with Gasteiger partial charge in [0.25, 0.3) is 0 Å². The Bertz CT molecular complexity index is 1150. The maximum Gasteiger partial charge on any atom is 0.303 e. The SMILES string of the molecule is CC(=O)OCC1O[C@@H](S[C@@H]2O[C@H](COC(C)=O)C(OC(C)=O)C(N=[N+]=[N-])[C@H]2OC(C)=O)C(OC(C)=O)C(N=[N+]=[N-])[C@H]1OC(C)=O. The molecule has 0 radical (unpaired) electrons. The summed E-state index contributed by atoms with van der Waals surface area (Å²) in [6, 6.07) is -2.88. The van der Waals surface area contributed by atoms with Gasteiger partial charge in [-0.3, -0.25) is 28.8 Å². The third-order valence-corrected chi connectivity index (χ3v) is 7.28. The van der Waals surface area contributed by atoms with Crippen LogP contribution in [0, 0.1) is 0 Å². The Balaban J connectivity index is 2.66. The fourth-order valence-corrected chi connectivity index (χ4v) is 5.92. The van der Waals surface area contributed by atoms with Gasteiger partial charge in [0, 0.05) is 51.4 Å². The van der Waals surface area contributed by atoms with Gasteiger partial charge in [0.2, 0.25) is 0 Å². The van der Waals surface area contributed by atoms with E-state index < -0.39 is 109 Å². The molecular weight excluding hydrogens is 628 g/mol. The van der Waals surface area contributed by atoms with Gasteiger partial charge in [0.1, 0.15) is 72.8 Å². The second-order valence-corrected chi connectivity index (χ2v) is 10.7. The van der Waals surface area contributed by atoms with Crippen molar-refractivity contribution >= 4 is 47.6 Å². The lowest BCUT2D eigenvalue weighted by Gasteiger charge is -2.47. The molecule has 0 saturated carbocycles. The van der Waals surface area contributed by atoms with E-state index in [0.29, 0.717) is 11.8 Å². The summed E-state index contributed by atoms with van der Waals surface area (Å²) in [6.45, 7) is 5.45. The lowest BCUT2D eigenvalue weighted by molar-refractivity contribution is -0.205. The van der Waals surface area contributed by atoms with Crippen LogP contribution in [0.2, 0.25) is 0 Å². The van der Waals surface area contributed by atoms with Gasteiger partial charge in [-0.15, -0.1) is 0 Å². The van der Waals surface area contributed by atoms with E-state index in [9.17, 15) is 39.8 Å². The molecule has 21 heteroatoms. The molecule has 0 aromatic heterocycles. The number of rotatable bonds is 12. The van der Waals surface area contributed by atoms with Gasteiger partial charge >= 0.3 is 35.8 Å². The normalized spacial score (nSPS) is 30.6. The molecule has 0 aromatic carbocycles. The highest BCUT2D eigenvalue weighted by molar-refractivity contribution is 8.00. The van der Waals surface area contributed by atoms with Crippen molar-refractivity contribution in [1.82, 2.24) is 0 Å². The average Bonchev–Trinajstić information content (AvgIpc) is 2.92. The van der Waals surface area contributed by atoms with E-state index in [1.165, 1.54) is 0 Å². The number of ether oxygens (including phenoxy) is 8. The zero-order chi connectivity index (χ0) is 33.8. The maximum absolute atomic E-state index is 12.2. The Morgan fingerprint density at radius 3 is 1.16 bits per heavy atom. The summed E-state index contributed by atoms with van der Waals surface area (Å²) in [4.78, 5) is 77.0. The van der Waals surface area contributed by atoms with Crippen LogP contribution in [0.1, 0.15) is 41.5 Å². The van der Waals surface area contributed by atoms with Gasteiger partial charge in [0.05, 0.1) is 0 Å². The Kier molecular flexibility index (Phi) is 14.2. The van der Waals surface area contributed by atoms with Crippen molar-refractivity contribution in [3.8, 4) is 0 Å². The van der Waals surface area contributed by atoms with Crippen LogP contribution in [-0.2, 0) is 66.7 Å². The van der Waals surface area contributed by atoms with Crippen molar-refractivity contribution in [2.24, 2.45) is 10.2 Å². The van der Waals surface area contributed by atoms with Gasteiger partial charge < -0.3 is 37.9 Å². The molecule has 248 valence electrons. The molecule has 45 heavy (non-hydrogen) atoms. The minimum Gasteiger partial charge on any atom is -0.463 e. The number of hydrogen-bond acceptors (Lipinski definition) is 17. The molecule has 2 aliphatic rings. The summed E-state index contributed by atoms with van der Waals surface area (Å²) >= 11 is 0.691. The van der Waals surface area contributed by atoms with Crippen molar-refractivity contribution in [1.29, 1.82) is 0 Å². The van der Waals surface area contributed by atoms with E-state index in [2.05, 4.69) is 20.1 Å². The van der Waals surface area contributed by atoms with Crippen LogP contribution in [0.4, 0.5) is 0 Å². The molecule has 2 fully saturated rings. The fraction of sp³-hybridized carbons (Fsp3) is 0.750. The van der Waals surface area contributed by atoms with Crippen molar-refractivity contribution in [3.05, 3.63) is 20.9 Å². The molecular formula is C24H32N6O14S. The number of thioether (sulfide) groups is 1. The third kappa shape index (κ3) is 11.0. The molecule has 0 aliphatic carbocycles. The zero-order valence-electron chi connectivity index (χ0n) is 25.0. The van der Waals surface area contributed by atoms with Gasteiger partial charge in [0.15, 0.2) is 0 Å². The summed E-state index contributed by atoms with van der Waals surface area (Å²) in [5.41, 5.74) is 15.9. The number of carbonyl (C=O) groups is 6. The summed E-state index contributed by atoms with van der Waals surface area (Å²) < 4.78 is 43.8. The minimum absolute atomic E-state index is 0.502. The van der Waals surface area contributed by atoms with E-state index in [1.54, 1.807) is 0 Å². The van der Waals surface area contributed by atoms with Gasteiger partial charge in [-0.2, -0.15) is 0 Å². The molecule has 0 aromatic rings. The standard InChI is InChI=1S/C24H32N6O14S/c1-9(31)37-7-15-19(39-11(3)33)17(27-29-25)21(41-13(5)35)23(43-15)45-24-22(42-14(6)36)18(28-30-26)20(40-12(4)34)16(44-24)8-38-10(2)32/h15-24H,7-8H2,1-6H3/t15-,16?,17?,18?,19?,20+,21-,22?,23+,24+/m1/s1. The molecule has 2 heterocycles. The number of azide groups is 2. The number of nitrogens with zero attached hydrogens (tertiary/aromatic N) is 6. The lowest BCUT2D eigenvalue weighted by Crippen LogP contribution is -2.62. The van der Waals surface area contributed by atoms with Gasteiger partial charge in [-0.1, -0.05) is 22.0 Å². The first-order chi connectivity index (χ1) is 21.2. The molecule has 5 unspecified atom stereocenters. The van der Waals surface area contributed by atoms with E-state index in [-0.39, 0.29) is 0 Å². The molecule has 0 spiro atoms. The quantitative estimate of drug-likeness (QED) is 0.0939. The number of esters is 6. The highest BCUT2D eigenvalue weighted by Crippen LogP contribution is 2.41. The smallest absolute Gasteiger partial charge is 0.303 e. The van der Waals surface area contributed by atoms with E-state index in [1.807, 2.05) is 0 Å². The first-order valence-corrected chi connectivity index (χ1v) is 14.1. The zero-order valence-corrected chi connectivity index (χ0v) is 25.8. The number of carbonyl (C=O) groups excluding carboxylic acids is 6. The van der Waals surface area contributed by atoms with Crippen LogP contribution >= 0.6 is 11.8 Å². The predicted molar refractivity (Wildman–Crippen MR) is 146 cm³/mol. The Hall–Kier alpha value is -4.29. The van der Waals surface area contributed by atoms with E-state index in [0.717, 1.165) is 41.5 Å². The lowest BCUT2D eigenvalue weighted by atomic mass is 9.97. The highest BCUT2D eigenvalue weighted by atomic mass is 32.2. The second kappa shape index (κ2) is 17.3. The third-order valence-electron chi connectivity index (χ3n) is 5.98. The summed E-state index contributed by atoms with van der Waals surface area (Å²) in [5.74, 6) is -4.81. The molecule has 0 bridgehead atoms. The Labute approximate surface area is 259 Å². The molecule has 2 saturated heterocycles. The summed E-state index contributed by atoms with van der Waals surface area (Å²) in [5, 5.41) is 7.36. The van der Waals surface area contributed by atoms with E-state index >= 15 is 0 Å².